The Bertz CT molecular complexity index is 694. The Morgan fingerprint density at radius 2 is 2.04 bits per heavy atom. The van der Waals surface area contributed by atoms with E-state index in [1.807, 2.05) is 0 Å². The number of halogens is 2. The second kappa shape index (κ2) is 8.73. The van der Waals surface area contributed by atoms with Gasteiger partial charge in [-0.05, 0) is 37.8 Å². The quantitative estimate of drug-likeness (QED) is 0.616. The Morgan fingerprint density at radius 1 is 1.31 bits per heavy atom. The molecular weight excluding hydrogens is 348 g/mol. The van der Waals surface area contributed by atoms with Gasteiger partial charge in [-0.25, -0.2) is 13.6 Å². The van der Waals surface area contributed by atoms with E-state index in [1.54, 1.807) is 6.92 Å². The zero-order chi connectivity index (χ0) is 19.3. The Labute approximate surface area is 149 Å². The number of carbonyl (C=O) groups excluding carboxylic acids is 2. The van der Waals surface area contributed by atoms with E-state index in [2.05, 4.69) is 0 Å². The number of Topliss-reactive ketones (excluding diaryl/α,β-unsaturated/α-hetero) is 1. The van der Waals surface area contributed by atoms with Crippen molar-refractivity contribution in [1.29, 1.82) is 0 Å². The molecule has 1 aliphatic rings. The zero-order valence-electron chi connectivity index (χ0n) is 14.4. The van der Waals surface area contributed by atoms with Gasteiger partial charge in [0.2, 0.25) is 0 Å². The fourth-order valence-electron chi connectivity index (χ4n) is 3.23. The van der Waals surface area contributed by atoms with Crippen molar-refractivity contribution in [3.63, 3.8) is 0 Å². The Morgan fingerprint density at radius 3 is 2.65 bits per heavy atom. The first-order valence-corrected chi connectivity index (χ1v) is 8.43. The summed E-state index contributed by atoms with van der Waals surface area (Å²) in [5, 5.41) is 9.35. The van der Waals surface area contributed by atoms with Crippen LogP contribution in [0.3, 0.4) is 0 Å². The van der Waals surface area contributed by atoms with Crippen molar-refractivity contribution in [2.24, 2.45) is 5.92 Å². The summed E-state index contributed by atoms with van der Waals surface area (Å²) in [6.07, 6.45) is -1.01. The third-order valence-corrected chi connectivity index (χ3v) is 4.51. The highest BCUT2D eigenvalue weighted by molar-refractivity contribution is 5.96. The van der Waals surface area contributed by atoms with E-state index in [9.17, 15) is 28.3 Å². The van der Waals surface area contributed by atoms with Crippen LogP contribution in [0.5, 0.6) is 0 Å². The van der Waals surface area contributed by atoms with Crippen molar-refractivity contribution >= 4 is 17.8 Å². The van der Waals surface area contributed by atoms with Crippen LogP contribution in [0.25, 0.3) is 0 Å². The monoisotopic (exact) mass is 369 g/mol. The maximum absolute atomic E-state index is 13.9. The first-order chi connectivity index (χ1) is 12.3. The minimum atomic E-state index is -1.16. The lowest BCUT2D eigenvalue weighted by Crippen LogP contribution is -2.48. The third kappa shape index (κ3) is 5.00. The van der Waals surface area contributed by atoms with E-state index in [1.165, 1.54) is 6.07 Å². The van der Waals surface area contributed by atoms with Crippen molar-refractivity contribution in [3.05, 3.63) is 35.4 Å². The molecule has 2 atom stereocenters. The number of benzene rings is 1. The number of carbonyl (C=O) groups is 3. The van der Waals surface area contributed by atoms with Gasteiger partial charge in [-0.15, -0.1) is 0 Å². The molecule has 1 aliphatic heterocycles. The zero-order valence-corrected chi connectivity index (χ0v) is 14.4. The number of carboxylic acid groups (broad SMARTS) is 1. The molecule has 0 radical (unpaired) electrons. The van der Waals surface area contributed by atoms with Crippen LogP contribution in [-0.2, 0) is 20.7 Å². The number of hydrogen-bond donors (Lipinski definition) is 1. The summed E-state index contributed by atoms with van der Waals surface area (Å²) in [7, 11) is 0. The lowest BCUT2D eigenvalue weighted by molar-refractivity contribution is -0.146. The molecule has 26 heavy (non-hydrogen) atoms. The second-order valence-electron chi connectivity index (χ2n) is 6.24. The summed E-state index contributed by atoms with van der Waals surface area (Å²) in [6, 6.07) is 2.49. The number of likely N-dealkylation sites (tertiary alicyclic amines) is 1. The lowest BCUT2D eigenvalue weighted by atomic mass is 9.84. The molecule has 1 fully saturated rings. The molecule has 8 heteroatoms. The Hall–Kier alpha value is -2.51. The number of hydrogen-bond acceptors (Lipinski definition) is 4. The molecule has 1 heterocycles. The van der Waals surface area contributed by atoms with Crippen LogP contribution in [0, 0.1) is 17.6 Å². The molecule has 0 spiro atoms. The van der Waals surface area contributed by atoms with E-state index in [0.29, 0.717) is 6.42 Å². The van der Waals surface area contributed by atoms with Gasteiger partial charge in [-0.1, -0.05) is 6.07 Å². The number of piperidine rings is 1. The Balaban J connectivity index is 2.10. The average Bonchev–Trinajstić information content (AvgIpc) is 2.57. The minimum Gasteiger partial charge on any atom is -0.466 e. The molecular formula is C18H21F2NO5. The highest BCUT2D eigenvalue weighted by Gasteiger charge is 2.35. The van der Waals surface area contributed by atoms with Gasteiger partial charge in [0.25, 0.3) is 0 Å². The van der Waals surface area contributed by atoms with Crippen molar-refractivity contribution in [1.82, 2.24) is 4.90 Å². The standard InChI is InChI=1S/C18H21F2NO5/c1-2-26-17(23)10-16(22)12-5-6-21(18(24)25)14(8-12)7-11-3-4-13(19)9-15(11)20/h3-4,9,12,14H,2,5-8,10H2,1H3,(H,24,25). The van der Waals surface area contributed by atoms with Crippen LogP contribution in [0.4, 0.5) is 13.6 Å². The lowest BCUT2D eigenvalue weighted by Gasteiger charge is -2.37. The molecule has 0 bridgehead atoms. The molecule has 0 aliphatic carbocycles. The Kier molecular flexibility index (Phi) is 6.65. The van der Waals surface area contributed by atoms with Crippen molar-refractivity contribution in [2.45, 2.75) is 38.6 Å². The number of nitrogens with zero attached hydrogens (tertiary/aromatic N) is 1. The van der Waals surface area contributed by atoms with Crippen molar-refractivity contribution in [3.8, 4) is 0 Å². The largest absolute Gasteiger partial charge is 0.466 e. The molecule has 2 rings (SSSR count). The number of amides is 1. The van der Waals surface area contributed by atoms with Crippen LogP contribution in [0.15, 0.2) is 18.2 Å². The highest BCUT2D eigenvalue weighted by atomic mass is 19.1. The fourth-order valence-corrected chi connectivity index (χ4v) is 3.23. The van der Waals surface area contributed by atoms with Crippen LogP contribution >= 0.6 is 0 Å². The van der Waals surface area contributed by atoms with E-state index >= 15 is 0 Å². The average molecular weight is 369 g/mol. The van der Waals surface area contributed by atoms with E-state index in [-0.39, 0.29) is 43.8 Å². The molecule has 1 aromatic carbocycles. The summed E-state index contributed by atoms with van der Waals surface area (Å²) < 4.78 is 31.7. The van der Waals surface area contributed by atoms with Gasteiger partial charge in [0, 0.05) is 24.6 Å². The fraction of sp³-hybridized carbons (Fsp3) is 0.500. The predicted molar refractivity (Wildman–Crippen MR) is 87.6 cm³/mol. The van der Waals surface area contributed by atoms with Gasteiger partial charge in [0.15, 0.2) is 0 Å². The van der Waals surface area contributed by atoms with Crippen LogP contribution in [0.2, 0.25) is 0 Å². The van der Waals surface area contributed by atoms with Crippen LogP contribution in [-0.4, -0.2) is 47.0 Å². The molecule has 0 aromatic heterocycles. The molecule has 1 amide bonds. The van der Waals surface area contributed by atoms with E-state index in [4.69, 9.17) is 4.74 Å². The number of ether oxygens (including phenoxy) is 1. The molecule has 142 valence electrons. The number of esters is 1. The topological polar surface area (TPSA) is 83.9 Å². The van der Waals surface area contributed by atoms with Gasteiger partial charge in [0.05, 0.1) is 6.61 Å². The van der Waals surface area contributed by atoms with Gasteiger partial charge >= 0.3 is 12.1 Å². The second-order valence-corrected chi connectivity index (χ2v) is 6.24. The third-order valence-electron chi connectivity index (χ3n) is 4.51. The molecule has 1 aromatic rings. The summed E-state index contributed by atoms with van der Waals surface area (Å²) in [5.41, 5.74) is 0.182. The summed E-state index contributed by atoms with van der Waals surface area (Å²) in [5.74, 6) is -2.89. The number of ketones is 1. The number of rotatable bonds is 6. The first-order valence-electron chi connectivity index (χ1n) is 8.43. The van der Waals surface area contributed by atoms with E-state index < -0.39 is 35.7 Å². The van der Waals surface area contributed by atoms with Crippen molar-refractivity contribution in [2.75, 3.05) is 13.2 Å². The summed E-state index contributed by atoms with van der Waals surface area (Å²) >= 11 is 0. The maximum Gasteiger partial charge on any atom is 0.407 e. The normalized spacial score (nSPS) is 19.9. The van der Waals surface area contributed by atoms with Crippen molar-refractivity contribution < 1.29 is 33.0 Å². The molecule has 0 saturated carbocycles. The highest BCUT2D eigenvalue weighted by Crippen LogP contribution is 2.28. The van der Waals surface area contributed by atoms with Gasteiger partial charge < -0.3 is 14.7 Å². The SMILES string of the molecule is CCOC(=O)CC(=O)C1CCN(C(=O)O)C(Cc2ccc(F)cc2F)C1. The van der Waals surface area contributed by atoms with E-state index in [0.717, 1.165) is 17.0 Å². The summed E-state index contributed by atoms with van der Waals surface area (Å²) in [6.45, 7) is 1.93. The minimum absolute atomic E-state index is 0.0294. The smallest absolute Gasteiger partial charge is 0.407 e. The van der Waals surface area contributed by atoms with Crippen LogP contribution in [0.1, 0.15) is 31.7 Å². The molecule has 1 saturated heterocycles. The first kappa shape index (κ1) is 19.8. The predicted octanol–water partition coefficient (Wildman–Crippen LogP) is 2.79. The van der Waals surface area contributed by atoms with Gasteiger partial charge in [-0.2, -0.15) is 0 Å². The van der Waals surface area contributed by atoms with Gasteiger partial charge in [-0.3, -0.25) is 9.59 Å². The maximum atomic E-state index is 13.9. The molecule has 1 N–H and O–H groups in total. The van der Waals surface area contributed by atoms with Crippen LogP contribution < -0.4 is 0 Å². The summed E-state index contributed by atoms with van der Waals surface area (Å²) in [4.78, 5) is 36.4. The van der Waals surface area contributed by atoms with Gasteiger partial charge in [0.1, 0.15) is 23.8 Å². The molecule has 6 nitrogen and oxygen atoms in total. The molecule has 2 unspecified atom stereocenters.